The van der Waals surface area contributed by atoms with Crippen LogP contribution in [0.1, 0.15) is 13.3 Å². The molecule has 0 heterocycles. The number of hydrogen-bond donors (Lipinski definition) is 0. The monoisotopic (exact) mass is 374 g/mol. The van der Waals surface area contributed by atoms with Gasteiger partial charge in [0.15, 0.2) is 12.6 Å². The molecule has 18 heavy (non-hydrogen) atoms. The Labute approximate surface area is 121 Å². The summed E-state index contributed by atoms with van der Waals surface area (Å²) in [6, 6.07) is 0. The van der Waals surface area contributed by atoms with Crippen LogP contribution in [0.3, 0.4) is 0 Å². The van der Waals surface area contributed by atoms with E-state index >= 15 is 0 Å². The first-order chi connectivity index (χ1) is 8.67. The Kier molecular flexibility index (Phi) is 11.8. The third-order valence-electron chi connectivity index (χ3n) is 1.99. The summed E-state index contributed by atoms with van der Waals surface area (Å²) in [5, 5.41) is 0. The summed E-state index contributed by atoms with van der Waals surface area (Å²) in [5.74, 6) is 0.164. The van der Waals surface area contributed by atoms with E-state index in [9.17, 15) is 4.39 Å². The molecule has 0 saturated carbocycles. The van der Waals surface area contributed by atoms with E-state index in [1.165, 1.54) is 0 Å². The van der Waals surface area contributed by atoms with Gasteiger partial charge in [-0.2, -0.15) is 4.39 Å². The molecule has 6 heteroatoms. The van der Waals surface area contributed by atoms with E-state index in [-0.39, 0.29) is 12.6 Å². The van der Waals surface area contributed by atoms with Crippen LogP contribution >= 0.6 is 22.6 Å². The van der Waals surface area contributed by atoms with Crippen LogP contribution in [0.2, 0.25) is 0 Å². The third kappa shape index (κ3) is 8.02. The molecule has 0 aromatic heterocycles. The van der Waals surface area contributed by atoms with E-state index in [1.807, 2.05) is 6.92 Å². The van der Waals surface area contributed by atoms with Crippen LogP contribution in [-0.4, -0.2) is 39.8 Å². The number of ether oxygens (including phenoxy) is 4. The third-order valence-corrected chi connectivity index (χ3v) is 2.53. The van der Waals surface area contributed by atoms with Crippen molar-refractivity contribution in [2.75, 3.05) is 33.7 Å². The molecule has 0 rings (SSSR count). The molecule has 0 aliphatic heterocycles. The zero-order chi connectivity index (χ0) is 13.8. The summed E-state index contributed by atoms with van der Waals surface area (Å²) < 4.78 is 33.5. The molecular weight excluding hydrogens is 354 g/mol. The summed E-state index contributed by atoms with van der Waals surface area (Å²) in [5.41, 5.74) is 0. The van der Waals surface area contributed by atoms with Gasteiger partial charge in [-0.3, -0.25) is 0 Å². The van der Waals surface area contributed by atoms with Crippen LogP contribution in [0.15, 0.2) is 22.2 Å². The number of methoxy groups -OCH3 is 1. The number of rotatable bonds is 11. The lowest BCUT2D eigenvalue weighted by Crippen LogP contribution is -2.19. The van der Waals surface area contributed by atoms with Crippen molar-refractivity contribution in [3.05, 3.63) is 22.2 Å². The normalized spacial score (nSPS) is 14.0. The first-order valence-corrected chi connectivity index (χ1v) is 6.72. The average Bonchev–Trinajstić information content (AvgIpc) is 2.36. The van der Waals surface area contributed by atoms with Crippen LogP contribution in [0.4, 0.5) is 4.39 Å². The minimum absolute atomic E-state index is 0.0247. The lowest BCUT2D eigenvalue weighted by molar-refractivity contribution is -0.0633. The Bertz CT molecular complexity index is 254. The SMILES string of the molecule is C=CCOC(CC)/C(OCOCCOC)=C(\F)I. The molecule has 0 bridgehead atoms. The predicted octanol–water partition coefficient (Wildman–Crippen LogP) is 3.18. The highest BCUT2D eigenvalue weighted by Crippen LogP contribution is 2.22. The summed E-state index contributed by atoms with van der Waals surface area (Å²) in [7, 11) is 1.58. The minimum atomic E-state index is -0.432. The second-order valence-electron chi connectivity index (χ2n) is 3.31. The van der Waals surface area contributed by atoms with E-state index in [4.69, 9.17) is 18.9 Å². The fourth-order valence-corrected chi connectivity index (χ4v) is 1.64. The molecule has 106 valence electrons. The van der Waals surface area contributed by atoms with E-state index in [1.54, 1.807) is 35.8 Å². The van der Waals surface area contributed by atoms with Crippen LogP contribution in [-0.2, 0) is 18.9 Å². The highest BCUT2D eigenvalue weighted by Gasteiger charge is 2.18. The second kappa shape index (κ2) is 11.9. The lowest BCUT2D eigenvalue weighted by atomic mass is 10.2. The van der Waals surface area contributed by atoms with Crippen LogP contribution in [0.25, 0.3) is 0 Å². The smallest absolute Gasteiger partial charge is 0.200 e. The molecule has 4 nitrogen and oxygen atoms in total. The average molecular weight is 374 g/mol. The molecule has 0 aliphatic carbocycles. The van der Waals surface area contributed by atoms with Gasteiger partial charge in [-0.05, 0) is 29.0 Å². The summed E-state index contributed by atoms with van der Waals surface area (Å²) in [6.45, 7) is 6.64. The highest BCUT2D eigenvalue weighted by molar-refractivity contribution is 14.1. The van der Waals surface area contributed by atoms with Crippen molar-refractivity contribution in [1.29, 1.82) is 0 Å². The van der Waals surface area contributed by atoms with Gasteiger partial charge in [0.05, 0.1) is 19.8 Å². The summed E-state index contributed by atoms with van der Waals surface area (Å²) in [6.07, 6.45) is 1.80. The van der Waals surface area contributed by atoms with Gasteiger partial charge in [0.2, 0.25) is 3.83 Å². The molecule has 0 N–H and O–H groups in total. The second-order valence-corrected chi connectivity index (χ2v) is 4.25. The van der Waals surface area contributed by atoms with Crippen molar-refractivity contribution in [1.82, 2.24) is 0 Å². The van der Waals surface area contributed by atoms with E-state index in [0.29, 0.717) is 26.2 Å². The number of halogens is 2. The Morgan fingerprint density at radius 3 is 2.67 bits per heavy atom. The molecule has 0 saturated heterocycles. The molecule has 0 aromatic rings. The fraction of sp³-hybridized carbons (Fsp3) is 0.667. The van der Waals surface area contributed by atoms with Gasteiger partial charge in [-0.25, -0.2) is 0 Å². The first-order valence-electron chi connectivity index (χ1n) is 5.64. The fourth-order valence-electron chi connectivity index (χ4n) is 1.14. The van der Waals surface area contributed by atoms with E-state index in [0.717, 1.165) is 0 Å². The largest absolute Gasteiger partial charge is 0.466 e. The zero-order valence-corrected chi connectivity index (χ0v) is 12.9. The molecule has 0 aliphatic rings. The van der Waals surface area contributed by atoms with Crippen molar-refractivity contribution in [3.8, 4) is 0 Å². The Morgan fingerprint density at radius 2 is 2.17 bits per heavy atom. The molecule has 0 spiro atoms. The van der Waals surface area contributed by atoms with E-state index < -0.39 is 9.94 Å². The van der Waals surface area contributed by atoms with Crippen molar-refractivity contribution in [2.24, 2.45) is 0 Å². The van der Waals surface area contributed by atoms with Crippen LogP contribution < -0.4 is 0 Å². The van der Waals surface area contributed by atoms with Gasteiger partial charge < -0.3 is 18.9 Å². The van der Waals surface area contributed by atoms with Crippen molar-refractivity contribution in [2.45, 2.75) is 19.4 Å². The number of hydrogen-bond acceptors (Lipinski definition) is 4. The molecule has 0 fully saturated rings. The van der Waals surface area contributed by atoms with Gasteiger partial charge in [0.1, 0.15) is 6.10 Å². The molecular formula is C12H20FIO4. The topological polar surface area (TPSA) is 36.9 Å². The highest BCUT2D eigenvalue weighted by atomic mass is 127. The van der Waals surface area contributed by atoms with Gasteiger partial charge in [-0.1, -0.05) is 13.0 Å². The molecule has 0 radical (unpaired) electrons. The molecule has 0 amide bonds. The minimum Gasteiger partial charge on any atom is -0.466 e. The standard InChI is InChI=1S/C12H20FIO4/c1-4-6-17-10(5-2)11(12(13)14)18-9-16-8-7-15-3/h4,10H,1,5-9H2,2-3H3/b12-11-. The zero-order valence-electron chi connectivity index (χ0n) is 10.8. The maximum Gasteiger partial charge on any atom is 0.200 e. The molecule has 1 unspecified atom stereocenters. The van der Waals surface area contributed by atoms with Crippen molar-refractivity contribution < 1.29 is 23.3 Å². The van der Waals surface area contributed by atoms with Crippen molar-refractivity contribution in [3.63, 3.8) is 0 Å². The predicted molar refractivity (Wildman–Crippen MR) is 76.2 cm³/mol. The Hall–Kier alpha value is -0.180. The van der Waals surface area contributed by atoms with Crippen LogP contribution in [0.5, 0.6) is 0 Å². The maximum absolute atomic E-state index is 13.4. The lowest BCUT2D eigenvalue weighted by Gasteiger charge is -2.19. The van der Waals surface area contributed by atoms with Gasteiger partial charge in [0.25, 0.3) is 0 Å². The van der Waals surface area contributed by atoms with Gasteiger partial charge in [-0.15, -0.1) is 6.58 Å². The first kappa shape index (κ1) is 17.8. The summed E-state index contributed by atoms with van der Waals surface area (Å²) >= 11 is 1.57. The Morgan fingerprint density at radius 1 is 1.44 bits per heavy atom. The van der Waals surface area contributed by atoms with Crippen molar-refractivity contribution >= 4 is 22.6 Å². The van der Waals surface area contributed by atoms with Gasteiger partial charge in [0, 0.05) is 7.11 Å². The van der Waals surface area contributed by atoms with E-state index in [2.05, 4.69) is 6.58 Å². The molecule has 1 atom stereocenters. The summed E-state index contributed by atoms with van der Waals surface area (Å²) in [4.78, 5) is 0. The van der Waals surface area contributed by atoms with Crippen LogP contribution in [0, 0.1) is 0 Å². The molecule has 0 aromatic carbocycles. The van der Waals surface area contributed by atoms with Gasteiger partial charge >= 0.3 is 0 Å². The maximum atomic E-state index is 13.4. The quantitative estimate of drug-likeness (QED) is 0.183. The Balaban J connectivity index is 4.20.